The number of aliphatic hydroxyl groups excluding tert-OH is 1. The number of alkyl halides is 1. The van der Waals surface area contributed by atoms with Gasteiger partial charge in [0, 0.05) is 19.0 Å². The molecule has 3 heteroatoms. The van der Waals surface area contributed by atoms with Crippen LogP contribution in [0.1, 0.15) is 5.56 Å². The van der Waals surface area contributed by atoms with Crippen molar-refractivity contribution in [2.75, 3.05) is 12.4 Å². The summed E-state index contributed by atoms with van der Waals surface area (Å²) in [6.45, 7) is 1.31. The molecule has 0 saturated heterocycles. The normalized spacial score (nSPS) is 11.2. The predicted molar refractivity (Wildman–Crippen MR) is 64.8 cm³/mol. The molecular weight excluding hydrogens is 210 g/mol. The van der Waals surface area contributed by atoms with Gasteiger partial charge in [0.25, 0.3) is 0 Å². The molecule has 1 aromatic rings. The molecule has 1 rings (SSSR count). The summed E-state index contributed by atoms with van der Waals surface area (Å²) in [7, 11) is 0. The van der Waals surface area contributed by atoms with Crippen LogP contribution >= 0.6 is 11.6 Å². The lowest BCUT2D eigenvalue weighted by atomic mass is 10.2. The van der Waals surface area contributed by atoms with E-state index in [0.29, 0.717) is 6.54 Å². The van der Waals surface area contributed by atoms with E-state index in [1.54, 1.807) is 0 Å². The van der Waals surface area contributed by atoms with E-state index in [1.165, 1.54) is 5.56 Å². The highest BCUT2D eigenvalue weighted by atomic mass is 35.5. The van der Waals surface area contributed by atoms with E-state index in [-0.39, 0.29) is 5.88 Å². The Bertz CT molecular complexity index is 261. The average Bonchev–Trinajstić information content (AvgIpc) is 2.33. The first kappa shape index (κ1) is 14.0. The summed E-state index contributed by atoms with van der Waals surface area (Å²) in [6, 6.07) is 10.1. The van der Waals surface area contributed by atoms with Crippen molar-refractivity contribution in [2.24, 2.45) is 0 Å². The van der Waals surface area contributed by atoms with Gasteiger partial charge in [-0.3, -0.25) is 0 Å². The van der Waals surface area contributed by atoms with Gasteiger partial charge in [-0.05, 0) is 5.56 Å². The van der Waals surface area contributed by atoms with Crippen LogP contribution in [0.15, 0.2) is 30.3 Å². The number of terminal acetylenes is 1. The fourth-order valence-corrected chi connectivity index (χ4v) is 1.14. The van der Waals surface area contributed by atoms with E-state index < -0.39 is 6.10 Å². The van der Waals surface area contributed by atoms with Crippen LogP contribution in [0, 0.1) is 12.8 Å². The Labute approximate surface area is 96.3 Å². The van der Waals surface area contributed by atoms with Crippen molar-refractivity contribution in [3.63, 3.8) is 0 Å². The molecule has 0 aliphatic heterocycles. The molecule has 0 heterocycles. The monoisotopic (exact) mass is 225 g/mol. The Morgan fingerprint density at radius 3 is 2.40 bits per heavy atom. The molecule has 1 atom stereocenters. The average molecular weight is 226 g/mol. The first-order valence-corrected chi connectivity index (χ1v) is 5.18. The number of benzene rings is 1. The molecule has 0 aliphatic carbocycles. The van der Waals surface area contributed by atoms with Crippen molar-refractivity contribution in [2.45, 2.75) is 12.6 Å². The fourth-order valence-electron chi connectivity index (χ4n) is 1.03. The van der Waals surface area contributed by atoms with Crippen molar-refractivity contribution in [3.05, 3.63) is 35.9 Å². The van der Waals surface area contributed by atoms with Crippen LogP contribution in [0.5, 0.6) is 0 Å². The Balaban J connectivity index is 0.000000921. The third-order valence-corrected chi connectivity index (χ3v) is 2.09. The Kier molecular flexibility index (Phi) is 8.90. The minimum absolute atomic E-state index is 0.280. The number of hydrogen-bond donors (Lipinski definition) is 2. The van der Waals surface area contributed by atoms with Crippen LogP contribution in [-0.4, -0.2) is 23.6 Å². The zero-order valence-electron chi connectivity index (χ0n) is 8.57. The van der Waals surface area contributed by atoms with Gasteiger partial charge in [-0.2, -0.15) is 0 Å². The molecule has 2 N–H and O–H groups in total. The van der Waals surface area contributed by atoms with Gasteiger partial charge >= 0.3 is 0 Å². The second-order valence-corrected chi connectivity index (χ2v) is 3.23. The summed E-state index contributed by atoms with van der Waals surface area (Å²) in [4.78, 5) is 0. The van der Waals surface area contributed by atoms with Gasteiger partial charge in [0.2, 0.25) is 0 Å². The van der Waals surface area contributed by atoms with E-state index >= 15 is 0 Å². The first-order chi connectivity index (χ1) is 7.33. The first-order valence-electron chi connectivity index (χ1n) is 4.65. The molecule has 1 aromatic carbocycles. The number of aliphatic hydroxyl groups is 1. The molecule has 2 nitrogen and oxygen atoms in total. The highest BCUT2D eigenvalue weighted by Crippen LogP contribution is 1.97. The van der Waals surface area contributed by atoms with Crippen molar-refractivity contribution < 1.29 is 5.11 Å². The standard InChI is InChI=1S/C10H14ClNO.C2H2/c11-6-10(13)8-12-7-9-4-2-1-3-5-9;1-2/h1-5,10,12-13H,6-8H2;1-2H/t10-;/m1./s1. The molecule has 82 valence electrons. The number of hydrogen-bond acceptors (Lipinski definition) is 2. The summed E-state index contributed by atoms with van der Waals surface area (Å²) in [5.41, 5.74) is 1.21. The van der Waals surface area contributed by atoms with E-state index in [1.807, 2.05) is 30.3 Å². The van der Waals surface area contributed by atoms with E-state index in [0.717, 1.165) is 6.54 Å². The molecule has 0 amide bonds. The second kappa shape index (κ2) is 9.54. The minimum Gasteiger partial charge on any atom is -0.391 e. The third-order valence-electron chi connectivity index (χ3n) is 1.73. The van der Waals surface area contributed by atoms with Crippen LogP contribution < -0.4 is 5.32 Å². The topological polar surface area (TPSA) is 32.3 Å². The van der Waals surface area contributed by atoms with Crippen LogP contribution in [0.25, 0.3) is 0 Å². The number of rotatable bonds is 5. The Morgan fingerprint density at radius 1 is 1.27 bits per heavy atom. The summed E-state index contributed by atoms with van der Waals surface area (Å²) in [6.07, 6.45) is 7.55. The maximum atomic E-state index is 9.14. The van der Waals surface area contributed by atoms with Crippen molar-refractivity contribution in [1.29, 1.82) is 0 Å². The van der Waals surface area contributed by atoms with Crippen LogP contribution in [0.2, 0.25) is 0 Å². The largest absolute Gasteiger partial charge is 0.391 e. The summed E-state index contributed by atoms with van der Waals surface area (Å²) >= 11 is 5.44. The fraction of sp³-hybridized carbons (Fsp3) is 0.333. The molecule has 0 fully saturated rings. The summed E-state index contributed by atoms with van der Waals surface area (Å²) < 4.78 is 0. The van der Waals surface area contributed by atoms with Crippen LogP contribution in [0.4, 0.5) is 0 Å². The van der Waals surface area contributed by atoms with E-state index in [2.05, 4.69) is 18.2 Å². The van der Waals surface area contributed by atoms with Crippen molar-refractivity contribution in [1.82, 2.24) is 5.32 Å². The smallest absolute Gasteiger partial charge is 0.0799 e. The summed E-state index contributed by atoms with van der Waals surface area (Å²) in [5, 5.41) is 12.3. The molecule has 0 bridgehead atoms. The highest BCUT2D eigenvalue weighted by Gasteiger charge is 1.99. The van der Waals surface area contributed by atoms with Gasteiger partial charge in [-0.1, -0.05) is 30.3 Å². The number of nitrogens with one attached hydrogen (secondary N) is 1. The molecule has 0 saturated carbocycles. The Morgan fingerprint density at radius 2 is 1.87 bits per heavy atom. The van der Waals surface area contributed by atoms with Crippen LogP contribution in [0.3, 0.4) is 0 Å². The van der Waals surface area contributed by atoms with Gasteiger partial charge < -0.3 is 10.4 Å². The number of halogens is 1. The van der Waals surface area contributed by atoms with Gasteiger partial charge in [-0.15, -0.1) is 24.4 Å². The highest BCUT2D eigenvalue weighted by molar-refractivity contribution is 6.18. The van der Waals surface area contributed by atoms with Gasteiger partial charge in [0.15, 0.2) is 0 Å². The molecule has 15 heavy (non-hydrogen) atoms. The molecular formula is C12H16ClNO. The maximum Gasteiger partial charge on any atom is 0.0799 e. The van der Waals surface area contributed by atoms with E-state index in [4.69, 9.17) is 16.7 Å². The SMILES string of the molecule is C#C.O[C@H](CCl)CNCc1ccccc1. The van der Waals surface area contributed by atoms with E-state index in [9.17, 15) is 0 Å². The van der Waals surface area contributed by atoms with Crippen molar-refractivity contribution in [3.8, 4) is 12.8 Å². The van der Waals surface area contributed by atoms with Gasteiger partial charge in [0.1, 0.15) is 0 Å². The van der Waals surface area contributed by atoms with Crippen molar-refractivity contribution >= 4 is 11.6 Å². The Hall–Kier alpha value is -1.01. The zero-order valence-corrected chi connectivity index (χ0v) is 9.32. The molecule has 0 spiro atoms. The van der Waals surface area contributed by atoms with Gasteiger partial charge in [0.05, 0.1) is 6.10 Å². The van der Waals surface area contributed by atoms with Gasteiger partial charge in [-0.25, -0.2) is 0 Å². The lowest BCUT2D eigenvalue weighted by molar-refractivity contribution is 0.194. The summed E-state index contributed by atoms with van der Waals surface area (Å²) in [5.74, 6) is 0.280. The zero-order chi connectivity index (χ0) is 11.5. The second-order valence-electron chi connectivity index (χ2n) is 2.92. The predicted octanol–water partition coefficient (Wildman–Crippen LogP) is 1.63. The molecule has 0 aromatic heterocycles. The molecule has 0 unspecified atom stereocenters. The minimum atomic E-state index is -0.453. The molecule has 0 radical (unpaired) electrons. The molecule has 0 aliphatic rings. The lowest BCUT2D eigenvalue weighted by Gasteiger charge is -2.08. The maximum absolute atomic E-state index is 9.14. The lowest BCUT2D eigenvalue weighted by Crippen LogP contribution is -2.27. The third kappa shape index (κ3) is 6.98. The van der Waals surface area contributed by atoms with Crippen LogP contribution in [-0.2, 0) is 6.54 Å². The quantitative estimate of drug-likeness (QED) is 0.590.